The molecule has 0 radical (unpaired) electrons. The maximum absolute atomic E-state index is 15.7. The van der Waals surface area contributed by atoms with Gasteiger partial charge in [-0.05, 0) is 39.2 Å². The average Bonchev–Trinajstić information content (AvgIpc) is 3.46. The second-order valence-corrected chi connectivity index (χ2v) is 11.3. The van der Waals surface area contributed by atoms with Crippen LogP contribution in [-0.2, 0) is 4.79 Å². The Hall–Kier alpha value is -5.30. The van der Waals surface area contributed by atoms with Crippen LogP contribution in [0.5, 0.6) is 17.2 Å². The number of hydrogen-bond acceptors (Lipinski definition) is 10. The van der Waals surface area contributed by atoms with Gasteiger partial charge in [-0.2, -0.15) is 0 Å². The summed E-state index contributed by atoms with van der Waals surface area (Å²) in [5.41, 5.74) is 2.33. The zero-order valence-electron chi connectivity index (χ0n) is 25.1. The molecule has 12 nitrogen and oxygen atoms in total. The molecule has 2 aliphatic heterocycles. The maximum Gasteiger partial charge on any atom is 0.246 e. The van der Waals surface area contributed by atoms with Crippen LogP contribution in [0.4, 0.5) is 21.7 Å². The van der Waals surface area contributed by atoms with Crippen LogP contribution in [0, 0.1) is 12.7 Å². The number of pyridine rings is 2. The summed E-state index contributed by atoms with van der Waals surface area (Å²) < 4.78 is 29.7. The van der Waals surface area contributed by atoms with Crippen LogP contribution >= 0.6 is 0 Å². The van der Waals surface area contributed by atoms with Gasteiger partial charge in [0.05, 0.1) is 17.2 Å². The average molecular weight is 610 g/mol. The smallest absolute Gasteiger partial charge is 0.246 e. The monoisotopic (exact) mass is 609 g/mol. The highest BCUT2D eigenvalue weighted by Gasteiger charge is 2.35. The van der Waals surface area contributed by atoms with Gasteiger partial charge in [-0.3, -0.25) is 4.79 Å². The first-order chi connectivity index (χ1) is 21.8. The van der Waals surface area contributed by atoms with Gasteiger partial charge in [-0.25, -0.2) is 24.3 Å². The summed E-state index contributed by atoms with van der Waals surface area (Å²) in [6.45, 7) is 4.42. The Kier molecular flexibility index (Phi) is 7.37. The van der Waals surface area contributed by atoms with Crippen molar-refractivity contribution < 1.29 is 18.7 Å². The summed E-state index contributed by atoms with van der Waals surface area (Å²) in [6.07, 6.45) is 10.3. The van der Waals surface area contributed by atoms with E-state index in [1.54, 1.807) is 43.5 Å². The Morgan fingerprint density at radius 2 is 2.07 bits per heavy atom. The van der Waals surface area contributed by atoms with Gasteiger partial charge in [0, 0.05) is 68.5 Å². The number of imidazole rings is 1. The minimum Gasteiger partial charge on any atom is -0.487 e. The van der Waals surface area contributed by atoms with Crippen LogP contribution < -0.4 is 19.7 Å². The maximum atomic E-state index is 15.7. The number of benzene rings is 1. The first kappa shape index (κ1) is 28.5. The fraction of sp³-hybridized carbons (Fsp3) is 0.281. The zero-order chi connectivity index (χ0) is 31.1. The molecule has 1 N–H and O–H groups in total. The van der Waals surface area contributed by atoms with Gasteiger partial charge in [-0.15, -0.1) is 0 Å². The predicted octanol–water partition coefficient (Wildman–Crippen LogP) is 4.18. The van der Waals surface area contributed by atoms with Gasteiger partial charge in [0.2, 0.25) is 5.91 Å². The van der Waals surface area contributed by atoms with E-state index in [4.69, 9.17) is 14.5 Å². The van der Waals surface area contributed by atoms with Crippen LogP contribution in [0.2, 0.25) is 0 Å². The van der Waals surface area contributed by atoms with Crippen LogP contribution in [0.25, 0.3) is 16.7 Å². The van der Waals surface area contributed by atoms with E-state index < -0.39 is 5.82 Å². The minimum atomic E-state index is -0.470. The summed E-state index contributed by atoms with van der Waals surface area (Å²) in [4.78, 5) is 36.9. The van der Waals surface area contributed by atoms with E-state index in [2.05, 4.69) is 25.2 Å². The molecule has 0 spiro atoms. The molecule has 0 saturated carbocycles. The van der Waals surface area contributed by atoms with Crippen molar-refractivity contribution in [1.82, 2.24) is 34.1 Å². The molecule has 4 aromatic heterocycles. The first-order valence-electron chi connectivity index (χ1n) is 14.7. The second kappa shape index (κ2) is 11.7. The number of nitrogens with zero attached hydrogens (tertiary/aromatic N) is 8. The highest BCUT2D eigenvalue weighted by atomic mass is 19.1. The van der Waals surface area contributed by atoms with Gasteiger partial charge in [0.1, 0.15) is 35.6 Å². The molecule has 6 heterocycles. The van der Waals surface area contributed by atoms with Gasteiger partial charge < -0.3 is 33.9 Å². The Bertz CT molecular complexity index is 1940. The Labute approximate surface area is 258 Å². The van der Waals surface area contributed by atoms with E-state index in [9.17, 15) is 4.79 Å². The molecule has 0 unspecified atom stereocenters. The number of ether oxygens (including phenoxy) is 2. The number of hydrogen-bond donors (Lipinski definition) is 1. The summed E-state index contributed by atoms with van der Waals surface area (Å²) >= 11 is 0. The van der Waals surface area contributed by atoms with E-state index in [0.29, 0.717) is 78.3 Å². The van der Waals surface area contributed by atoms with Gasteiger partial charge in [-0.1, -0.05) is 6.08 Å². The van der Waals surface area contributed by atoms with Crippen molar-refractivity contribution in [2.45, 2.75) is 13.0 Å². The number of anilines is 3. The second-order valence-electron chi connectivity index (χ2n) is 11.3. The van der Waals surface area contributed by atoms with Crippen LogP contribution in [0.15, 0.2) is 67.4 Å². The van der Waals surface area contributed by atoms with Crippen LogP contribution in [-0.4, -0.2) is 93.0 Å². The molecule has 1 atom stereocenters. The lowest BCUT2D eigenvalue weighted by molar-refractivity contribution is -0.129. The predicted molar refractivity (Wildman–Crippen MR) is 168 cm³/mol. The number of rotatable bonds is 7. The van der Waals surface area contributed by atoms with Crippen molar-refractivity contribution in [3.05, 3.63) is 78.8 Å². The van der Waals surface area contributed by atoms with Gasteiger partial charge in [0.25, 0.3) is 0 Å². The molecule has 0 aliphatic carbocycles. The number of halogens is 1. The quantitative estimate of drug-likeness (QED) is 0.270. The van der Waals surface area contributed by atoms with Crippen molar-refractivity contribution in [1.29, 1.82) is 0 Å². The highest BCUT2D eigenvalue weighted by molar-refractivity contribution is 5.91. The molecule has 45 heavy (non-hydrogen) atoms. The summed E-state index contributed by atoms with van der Waals surface area (Å²) in [7, 11) is 3.92. The number of nitrogens with one attached hydrogen (secondary N) is 1. The van der Waals surface area contributed by atoms with Crippen LogP contribution in [0.3, 0.4) is 0 Å². The number of piperazine rings is 1. The number of carbonyl (C=O) groups excluding carboxylic acids is 1. The molecule has 2 bridgehead atoms. The summed E-state index contributed by atoms with van der Waals surface area (Å²) in [5, 5.41) is 3.11. The lowest BCUT2D eigenvalue weighted by Crippen LogP contribution is -2.56. The van der Waals surface area contributed by atoms with Gasteiger partial charge in [0.15, 0.2) is 23.2 Å². The lowest BCUT2D eigenvalue weighted by Gasteiger charge is -2.39. The molecule has 230 valence electrons. The molecule has 5 aromatic rings. The molecule has 1 aromatic carbocycles. The fourth-order valence-electron chi connectivity index (χ4n) is 5.59. The normalized spacial score (nSPS) is 16.2. The van der Waals surface area contributed by atoms with E-state index >= 15 is 4.39 Å². The number of likely N-dealkylation sites (N-methyl/N-ethyl adjacent to an activating group) is 1. The number of carbonyl (C=O) groups is 1. The fourth-order valence-corrected chi connectivity index (χ4v) is 5.59. The molecule has 1 saturated heterocycles. The number of amides is 1. The summed E-state index contributed by atoms with van der Waals surface area (Å²) in [6, 6.07) is 8.61. The topological polar surface area (TPSA) is 113 Å². The minimum absolute atomic E-state index is 0.0284. The van der Waals surface area contributed by atoms with Crippen LogP contribution in [0.1, 0.15) is 5.56 Å². The van der Waals surface area contributed by atoms with Crippen molar-refractivity contribution in [3.8, 4) is 17.2 Å². The third-order valence-electron chi connectivity index (χ3n) is 7.97. The number of fused-ring (bicyclic) bond motifs is 6. The van der Waals surface area contributed by atoms with E-state index in [1.807, 2.05) is 52.8 Å². The van der Waals surface area contributed by atoms with E-state index in [0.717, 1.165) is 5.65 Å². The van der Waals surface area contributed by atoms with Crippen molar-refractivity contribution >= 4 is 39.9 Å². The van der Waals surface area contributed by atoms with Crippen molar-refractivity contribution in [2.75, 3.05) is 57.1 Å². The molecular weight excluding hydrogens is 577 g/mol. The first-order valence-corrected chi connectivity index (χ1v) is 14.7. The standard InChI is InChI=1S/C32H32FN9O3/c1-20-25(45-22-8-11-40-12-9-34-27(40)15-22)7-6-23(29(20)33)37-31-30-24(35-19-36-31)16-26-32(38-30)41-13-14-42(21(17-41)18-44-26)28(43)5-4-10-39(2)3/h4-9,11-12,15-16,19,21H,10,13-14,17-18H2,1-3H3,(H,35,36,37)/b5-4+/t21-/m0/s1. The molecule has 7 rings (SSSR count). The van der Waals surface area contributed by atoms with Crippen molar-refractivity contribution in [3.63, 3.8) is 0 Å². The SMILES string of the molecule is Cc1c(Oc2ccn3ccnc3c2)ccc(Nc2ncnc3cc4c(nc23)N2CCN(C(=O)/C=C/CN(C)C)[C@H](CO4)C2)c1F. The van der Waals surface area contributed by atoms with E-state index in [1.165, 1.54) is 6.33 Å². The molecular formula is C32H32FN9O3. The van der Waals surface area contributed by atoms with Crippen molar-refractivity contribution in [2.24, 2.45) is 0 Å². The molecule has 13 heteroatoms. The molecule has 1 fully saturated rings. The van der Waals surface area contributed by atoms with E-state index in [-0.39, 0.29) is 17.6 Å². The Morgan fingerprint density at radius 3 is 2.93 bits per heavy atom. The molecule has 2 aliphatic rings. The Balaban J connectivity index is 1.12. The highest BCUT2D eigenvalue weighted by Crippen LogP contribution is 2.37. The number of aromatic nitrogens is 5. The molecule has 1 amide bonds. The summed E-state index contributed by atoms with van der Waals surface area (Å²) in [5.74, 6) is 2.04. The third-order valence-corrected chi connectivity index (χ3v) is 7.97. The largest absolute Gasteiger partial charge is 0.487 e. The Morgan fingerprint density at radius 1 is 1.18 bits per heavy atom. The third kappa shape index (κ3) is 5.57. The lowest BCUT2D eigenvalue weighted by atomic mass is 10.1. The zero-order valence-corrected chi connectivity index (χ0v) is 25.1. The van der Waals surface area contributed by atoms with Gasteiger partial charge >= 0.3 is 0 Å².